The average Bonchev–Trinajstić information content (AvgIpc) is 3.39. The molecule has 0 spiro atoms. The van der Waals surface area contributed by atoms with E-state index in [4.69, 9.17) is 14.2 Å². The van der Waals surface area contributed by atoms with Gasteiger partial charge in [0.1, 0.15) is 24.0 Å². The second-order valence-electron chi connectivity index (χ2n) is 7.56. The number of amides is 1. The molecule has 1 unspecified atom stereocenters. The van der Waals surface area contributed by atoms with Crippen molar-refractivity contribution < 1.29 is 34.0 Å². The van der Waals surface area contributed by atoms with Crippen LogP contribution in [0.2, 0.25) is 0 Å². The Bertz CT molecular complexity index is 1350. The number of aromatic hydroxyl groups is 1. The molecule has 0 aliphatic carbocycles. The lowest BCUT2D eigenvalue weighted by molar-refractivity contribution is -0.132. The number of fused-ring (bicyclic) bond motifs is 1. The molecule has 0 saturated carbocycles. The van der Waals surface area contributed by atoms with E-state index < -0.39 is 17.7 Å². The number of rotatable bonds is 4. The number of aromatic nitrogens is 2. The topological polar surface area (TPSA) is 131 Å². The minimum absolute atomic E-state index is 0.109. The predicted molar refractivity (Wildman–Crippen MR) is 122 cm³/mol. The Morgan fingerprint density at radius 2 is 1.88 bits per heavy atom. The number of carbonyl (C=O) groups is 2. The van der Waals surface area contributed by atoms with Gasteiger partial charge in [0, 0.05) is 5.56 Å². The van der Waals surface area contributed by atoms with Crippen molar-refractivity contribution in [3.8, 4) is 23.0 Å². The van der Waals surface area contributed by atoms with E-state index in [1.54, 1.807) is 31.2 Å². The number of ketones is 1. The second-order valence-corrected chi connectivity index (χ2v) is 8.72. The van der Waals surface area contributed by atoms with E-state index in [9.17, 15) is 19.8 Å². The second kappa shape index (κ2) is 8.34. The summed E-state index contributed by atoms with van der Waals surface area (Å²) in [6.07, 6.45) is 0. The maximum absolute atomic E-state index is 13.2. The van der Waals surface area contributed by atoms with Gasteiger partial charge in [0.2, 0.25) is 5.13 Å². The van der Waals surface area contributed by atoms with Crippen LogP contribution in [0.15, 0.2) is 42.0 Å². The number of benzene rings is 2. The van der Waals surface area contributed by atoms with Gasteiger partial charge in [-0.3, -0.25) is 14.5 Å². The van der Waals surface area contributed by atoms with E-state index in [2.05, 4.69) is 10.2 Å². The zero-order chi connectivity index (χ0) is 24.0. The van der Waals surface area contributed by atoms with Crippen molar-refractivity contribution in [3.05, 3.63) is 58.1 Å². The summed E-state index contributed by atoms with van der Waals surface area (Å²) in [7, 11) is 1.39. The van der Waals surface area contributed by atoms with Crippen LogP contribution < -0.4 is 19.1 Å². The Hall–Kier alpha value is -4.12. The molecule has 3 aromatic rings. The molecule has 2 aromatic carbocycles. The van der Waals surface area contributed by atoms with Crippen molar-refractivity contribution in [1.82, 2.24) is 10.2 Å². The van der Waals surface area contributed by atoms with Crippen LogP contribution >= 0.6 is 11.3 Å². The van der Waals surface area contributed by atoms with Crippen LogP contribution in [0.3, 0.4) is 0 Å². The Kier molecular flexibility index (Phi) is 5.33. The number of aliphatic hydroxyl groups is 1. The first-order valence-corrected chi connectivity index (χ1v) is 11.1. The summed E-state index contributed by atoms with van der Waals surface area (Å²) < 4.78 is 16.3. The Balaban J connectivity index is 1.71. The molecule has 3 heterocycles. The quantitative estimate of drug-likeness (QED) is 0.328. The van der Waals surface area contributed by atoms with Crippen molar-refractivity contribution in [2.75, 3.05) is 25.2 Å². The molecular formula is C23H19N3O7S. The van der Waals surface area contributed by atoms with Crippen LogP contribution in [-0.4, -0.2) is 52.4 Å². The summed E-state index contributed by atoms with van der Waals surface area (Å²) in [5, 5.41) is 30.1. The van der Waals surface area contributed by atoms with Crippen LogP contribution in [-0.2, 0) is 9.59 Å². The van der Waals surface area contributed by atoms with Crippen LogP contribution in [0.5, 0.6) is 23.0 Å². The van der Waals surface area contributed by atoms with Gasteiger partial charge in [-0.25, -0.2) is 0 Å². The van der Waals surface area contributed by atoms with Crippen molar-refractivity contribution in [1.29, 1.82) is 0 Å². The number of phenolic OH excluding ortho intramolecular Hbond substituents is 1. The van der Waals surface area contributed by atoms with Gasteiger partial charge in [0.15, 0.2) is 23.0 Å². The van der Waals surface area contributed by atoms with Gasteiger partial charge < -0.3 is 24.4 Å². The monoisotopic (exact) mass is 481 g/mol. The lowest BCUT2D eigenvalue weighted by Gasteiger charge is -2.23. The molecule has 0 bridgehead atoms. The fourth-order valence-electron chi connectivity index (χ4n) is 3.94. The van der Waals surface area contributed by atoms with E-state index >= 15 is 0 Å². The number of hydrogen-bond donors (Lipinski definition) is 2. The Labute approximate surface area is 197 Å². The molecule has 1 fully saturated rings. The summed E-state index contributed by atoms with van der Waals surface area (Å²) in [6, 6.07) is 8.18. The number of methoxy groups -OCH3 is 1. The van der Waals surface area contributed by atoms with Crippen molar-refractivity contribution in [2.45, 2.75) is 13.0 Å². The van der Waals surface area contributed by atoms with Gasteiger partial charge in [-0.15, -0.1) is 10.2 Å². The summed E-state index contributed by atoms with van der Waals surface area (Å²) >= 11 is 1.14. The zero-order valence-electron chi connectivity index (χ0n) is 18.1. The number of ether oxygens (including phenoxy) is 3. The molecule has 11 heteroatoms. The molecule has 5 rings (SSSR count). The summed E-state index contributed by atoms with van der Waals surface area (Å²) in [5.74, 6) is -1.13. The van der Waals surface area contributed by atoms with E-state index in [1.165, 1.54) is 24.1 Å². The van der Waals surface area contributed by atoms with Crippen molar-refractivity contribution >= 4 is 33.9 Å². The molecular weight excluding hydrogens is 462 g/mol. The number of phenols is 1. The van der Waals surface area contributed by atoms with Gasteiger partial charge in [-0.05, 0) is 42.8 Å². The van der Waals surface area contributed by atoms with Crippen molar-refractivity contribution in [2.24, 2.45) is 0 Å². The molecule has 1 atom stereocenters. The van der Waals surface area contributed by atoms with Gasteiger partial charge in [0.05, 0.1) is 18.7 Å². The number of nitrogens with zero attached hydrogens (tertiary/aromatic N) is 3. The minimum Gasteiger partial charge on any atom is -0.507 e. The first-order valence-electron chi connectivity index (χ1n) is 10.3. The van der Waals surface area contributed by atoms with Crippen LogP contribution in [0.25, 0.3) is 5.76 Å². The Morgan fingerprint density at radius 1 is 1.12 bits per heavy atom. The van der Waals surface area contributed by atoms with Crippen LogP contribution in [0.1, 0.15) is 22.2 Å². The van der Waals surface area contributed by atoms with E-state index in [0.717, 1.165) is 11.3 Å². The molecule has 2 aliphatic rings. The molecule has 2 aliphatic heterocycles. The number of carbonyl (C=O) groups excluding carboxylic acids is 2. The van der Waals surface area contributed by atoms with E-state index in [1.807, 2.05) is 0 Å². The third-order valence-corrected chi connectivity index (χ3v) is 6.34. The zero-order valence-corrected chi connectivity index (χ0v) is 19.0. The number of aliphatic hydroxyl groups excluding tert-OH is 1. The summed E-state index contributed by atoms with van der Waals surface area (Å²) in [5.41, 5.74) is 0.578. The lowest BCUT2D eigenvalue weighted by Crippen LogP contribution is -2.29. The summed E-state index contributed by atoms with van der Waals surface area (Å²) in [4.78, 5) is 27.6. The van der Waals surface area contributed by atoms with E-state index in [-0.39, 0.29) is 33.5 Å². The normalized spacial score (nSPS) is 18.9. The van der Waals surface area contributed by atoms with Gasteiger partial charge in [-0.2, -0.15) is 0 Å². The van der Waals surface area contributed by atoms with Crippen LogP contribution in [0.4, 0.5) is 5.13 Å². The Morgan fingerprint density at radius 3 is 2.59 bits per heavy atom. The maximum Gasteiger partial charge on any atom is 0.301 e. The molecule has 34 heavy (non-hydrogen) atoms. The highest BCUT2D eigenvalue weighted by Gasteiger charge is 2.48. The predicted octanol–water partition coefficient (Wildman–Crippen LogP) is 2.96. The third kappa shape index (κ3) is 3.50. The largest absolute Gasteiger partial charge is 0.507 e. The summed E-state index contributed by atoms with van der Waals surface area (Å²) in [6.45, 7) is 2.49. The smallest absolute Gasteiger partial charge is 0.301 e. The highest BCUT2D eigenvalue weighted by molar-refractivity contribution is 7.15. The van der Waals surface area contributed by atoms with Gasteiger partial charge in [-0.1, -0.05) is 17.4 Å². The highest BCUT2D eigenvalue weighted by atomic mass is 32.1. The standard InChI is InChI=1S/C23H19N3O7S/c1-11-24-25-23(34-11)26-19(12-3-5-14(27)16(9-12)31-2)18(21(29)22(26)30)20(28)13-4-6-15-17(10-13)33-8-7-32-15/h3-6,9-10,19,27-28H,7-8H2,1-2H3/b20-18+. The fourth-order valence-corrected chi connectivity index (χ4v) is 4.65. The SMILES string of the molecule is COc1cc(C2/C(=C(\O)c3ccc4c(c3)OCCO4)C(=O)C(=O)N2c2nnc(C)s2)ccc1O. The molecule has 10 nitrogen and oxygen atoms in total. The minimum atomic E-state index is -1.03. The molecule has 174 valence electrons. The molecule has 1 aromatic heterocycles. The van der Waals surface area contributed by atoms with Gasteiger partial charge >= 0.3 is 5.91 Å². The highest BCUT2D eigenvalue weighted by Crippen LogP contribution is 2.45. The molecule has 2 N–H and O–H groups in total. The maximum atomic E-state index is 13.2. The molecule has 1 amide bonds. The van der Waals surface area contributed by atoms with Gasteiger partial charge in [0.25, 0.3) is 5.78 Å². The third-order valence-electron chi connectivity index (χ3n) is 5.50. The molecule has 0 radical (unpaired) electrons. The van der Waals surface area contributed by atoms with Crippen molar-refractivity contribution in [3.63, 3.8) is 0 Å². The fraction of sp³-hybridized carbons (Fsp3) is 0.217. The number of aryl methyl sites for hydroxylation is 1. The number of anilines is 1. The molecule has 1 saturated heterocycles. The lowest BCUT2D eigenvalue weighted by atomic mass is 9.95. The first-order chi connectivity index (χ1) is 16.4. The van der Waals surface area contributed by atoms with E-state index in [0.29, 0.717) is 35.3 Å². The average molecular weight is 481 g/mol. The van der Waals surface area contributed by atoms with Crippen LogP contribution in [0, 0.1) is 6.92 Å². The number of hydrogen-bond acceptors (Lipinski definition) is 10. The number of Topliss-reactive ketones (excluding diaryl/α,β-unsaturated/α-hetero) is 1. The first kappa shape index (κ1) is 21.7.